The fourth-order valence-electron chi connectivity index (χ4n) is 3.21. The minimum Gasteiger partial charge on any atom is -0.482 e. The fourth-order valence-corrected chi connectivity index (χ4v) is 3.21. The molecule has 0 saturated carbocycles. The molecule has 3 aromatic carbocycles. The third-order valence-corrected chi connectivity index (χ3v) is 4.61. The molecule has 28 heavy (non-hydrogen) atoms. The molecule has 4 rings (SSSR count). The minimum atomic E-state index is -0.708. The molecule has 5 nitrogen and oxygen atoms in total. The lowest BCUT2D eigenvalue weighted by molar-refractivity contribution is 0.0816. The zero-order chi connectivity index (χ0) is 19.7. The topological polar surface area (TPSA) is 63.7 Å². The predicted molar refractivity (Wildman–Crippen MR) is 105 cm³/mol. The number of ketones is 1. The summed E-state index contributed by atoms with van der Waals surface area (Å²) in [4.78, 5) is 38.9. The molecule has 2 amide bonds. The Morgan fingerprint density at radius 2 is 1.43 bits per heavy atom. The summed E-state index contributed by atoms with van der Waals surface area (Å²) in [5.74, 6) is -0.477. The third kappa shape index (κ3) is 3.07. The molecule has 3 aromatic rings. The van der Waals surface area contributed by atoms with Crippen LogP contribution < -0.4 is 9.64 Å². The summed E-state index contributed by atoms with van der Waals surface area (Å²) in [6.45, 7) is 1.67. The van der Waals surface area contributed by atoms with Gasteiger partial charge in [0.2, 0.25) is 5.78 Å². The lowest BCUT2D eigenvalue weighted by atomic mass is 10.1. The summed E-state index contributed by atoms with van der Waals surface area (Å²) in [5.41, 5.74) is 1.73. The summed E-state index contributed by atoms with van der Waals surface area (Å²) >= 11 is 0. The maximum Gasteiger partial charge on any atom is 0.266 e. The monoisotopic (exact) mass is 371 g/mol. The van der Waals surface area contributed by atoms with Gasteiger partial charge in [-0.2, -0.15) is 0 Å². The van der Waals surface area contributed by atoms with Crippen LogP contribution in [0.25, 0.3) is 0 Å². The Balaban J connectivity index is 1.57. The molecule has 138 valence electrons. The van der Waals surface area contributed by atoms with Crippen LogP contribution in [0, 0.1) is 0 Å². The normalized spacial score (nSPS) is 14.0. The first-order chi connectivity index (χ1) is 13.6. The number of ether oxygens (including phenoxy) is 1. The highest BCUT2D eigenvalue weighted by Gasteiger charge is 2.36. The Labute approximate surface area is 162 Å². The number of hydrogen-bond donors (Lipinski definition) is 0. The number of hydrogen-bond acceptors (Lipinski definition) is 4. The number of anilines is 1. The van der Waals surface area contributed by atoms with Gasteiger partial charge in [0.05, 0.1) is 16.8 Å². The first-order valence-electron chi connectivity index (χ1n) is 8.90. The van der Waals surface area contributed by atoms with E-state index in [1.165, 1.54) is 0 Å². The van der Waals surface area contributed by atoms with E-state index in [-0.39, 0.29) is 17.6 Å². The molecule has 1 heterocycles. The van der Waals surface area contributed by atoms with E-state index in [1.54, 1.807) is 79.7 Å². The van der Waals surface area contributed by atoms with Gasteiger partial charge < -0.3 is 4.74 Å². The summed E-state index contributed by atoms with van der Waals surface area (Å²) in [6.07, 6.45) is -0.708. The van der Waals surface area contributed by atoms with Gasteiger partial charge in [-0.25, -0.2) is 4.90 Å². The van der Waals surface area contributed by atoms with E-state index in [2.05, 4.69) is 0 Å². The number of carbonyl (C=O) groups is 3. The number of imide groups is 1. The molecule has 0 radical (unpaired) electrons. The van der Waals surface area contributed by atoms with Crippen molar-refractivity contribution in [1.29, 1.82) is 0 Å². The third-order valence-electron chi connectivity index (χ3n) is 4.61. The number of benzene rings is 3. The highest BCUT2D eigenvalue weighted by Crippen LogP contribution is 2.30. The molecule has 0 N–H and O–H groups in total. The Hall–Kier alpha value is -3.73. The number of amides is 2. The van der Waals surface area contributed by atoms with Crippen molar-refractivity contribution in [3.63, 3.8) is 0 Å². The predicted octanol–water partition coefficient (Wildman–Crippen LogP) is 4.14. The second kappa shape index (κ2) is 7.12. The first-order valence-corrected chi connectivity index (χ1v) is 8.90. The van der Waals surface area contributed by atoms with E-state index in [9.17, 15) is 14.4 Å². The van der Waals surface area contributed by atoms with E-state index >= 15 is 0 Å². The van der Waals surface area contributed by atoms with E-state index < -0.39 is 6.10 Å². The van der Waals surface area contributed by atoms with Crippen molar-refractivity contribution in [2.75, 3.05) is 4.90 Å². The number of carbonyl (C=O) groups excluding carboxylic acids is 3. The molecular weight excluding hydrogens is 354 g/mol. The lowest BCUT2D eigenvalue weighted by Crippen LogP contribution is -2.29. The minimum absolute atomic E-state index is 0.147. The lowest BCUT2D eigenvalue weighted by Gasteiger charge is -2.17. The molecule has 0 unspecified atom stereocenters. The van der Waals surface area contributed by atoms with Crippen LogP contribution >= 0.6 is 0 Å². The number of fused-ring (bicyclic) bond motifs is 1. The van der Waals surface area contributed by atoms with E-state index in [4.69, 9.17) is 4.74 Å². The van der Waals surface area contributed by atoms with Gasteiger partial charge >= 0.3 is 0 Å². The van der Waals surface area contributed by atoms with Crippen LogP contribution in [0.15, 0.2) is 78.9 Å². The molecule has 1 aliphatic heterocycles. The average molecular weight is 371 g/mol. The van der Waals surface area contributed by atoms with Gasteiger partial charge in [0.25, 0.3) is 11.8 Å². The van der Waals surface area contributed by atoms with Crippen molar-refractivity contribution in [2.24, 2.45) is 0 Å². The molecule has 0 saturated heterocycles. The molecule has 0 fully saturated rings. The van der Waals surface area contributed by atoms with Crippen molar-refractivity contribution in [3.05, 3.63) is 95.6 Å². The van der Waals surface area contributed by atoms with Crippen LogP contribution in [0.5, 0.6) is 5.75 Å². The summed E-state index contributed by atoms with van der Waals surface area (Å²) < 4.78 is 5.78. The fraction of sp³-hybridized carbons (Fsp3) is 0.0870. The molecule has 0 aliphatic carbocycles. The molecular formula is C23H17NO4. The molecule has 1 atom stereocenters. The molecule has 1 aliphatic rings. The van der Waals surface area contributed by atoms with Crippen LogP contribution in [0.4, 0.5) is 5.69 Å². The maximum absolute atomic E-state index is 12.6. The number of nitrogens with zero attached hydrogens (tertiary/aromatic N) is 1. The van der Waals surface area contributed by atoms with Crippen LogP contribution in [-0.2, 0) is 0 Å². The van der Waals surface area contributed by atoms with Gasteiger partial charge in [-0.1, -0.05) is 48.5 Å². The van der Waals surface area contributed by atoms with Gasteiger partial charge in [-0.15, -0.1) is 0 Å². The van der Waals surface area contributed by atoms with Crippen LogP contribution in [0.2, 0.25) is 0 Å². The van der Waals surface area contributed by atoms with Crippen LogP contribution in [-0.4, -0.2) is 23.7 Å². The Kier molecular flexibility index (Phi) is 4.49. The maximum atomic E-state index is 12.6. The van der Waals surface area contributed by atoms with E-state index in [0.29, 0.717) is 28.1 Å². The van der Waals surface area contributed by atoms with Crippen molar-refractivity contribution in [2.45, 2.75) is 13.0 Å². The van der Waals surface area contributed by atoms with Crippen molar-refractivity contribution in [1.82, 2.24) is 0 Å². The Morgan fingerprint density at radius 1 is 0.821 bits per heavy atom. The Bertz CT molecular complexity index is 1040. The highest BCUT2D eigenvalue weighted by atomic mass is 16.5. The van der Waals surface area contributed by atoms with Crippen LogP contribution in [0.3, 0.4) is 0 Å². The molecule has 0 spiro atoms. The number of Topliss-reactive ketones (excluding diaryl/α,β-unsaturated/α-hetero) is 1. The summed E-state index contributed by atoms with van der Waals surface area (Å²) in [7, 11) is 0. The summed E-state index contributed by atoms with van der Waals surface area (Å²) in [6, 6.07) is 22.3. The largest absolute Gasteiger partial charge is 0.482 e. The van der Waals surface area contributed by atoms with Crippen molar-refractivity contribution in [3.8, 4) is 5.75 Å². The Morgan fingerprint density at radius 3 is 2.07 bits per heavy atom. The SMILES string of the molecule is C[C@@H](Oc1cccc(N2C(=O)c3ccccc3C2=O)c1)C(=O)c1ccccc1. The van der Waals surface area contributed by atoms with E-state index in [1.807, 2.05) is 6.07 Å². The van der Waals surface area contributed by atoms with Gasteiger partial charge in [0, 0.05) is 11.6 Å². The second-order valence-corrected chi connectivity index (χ2v) is 6.48. The quantitative estimate of drug-likeness (QED) is 0.500. The summed E-state index contributed by atoms with van der Waals surface area (Å²) in [5, 5.41) is 0. The van der Waals surface area contributed by atoms with Crippen molar-refractivity contribution >= 4 is 23.3 Å². The van der Waals surface area contributed by atoms with E-state index in [0.717, 1.165) is 4.90 Å². The highest BCUT2D eigenvalue weighted by molar-refractivity contribution is 6.34. The smallest absolute Gasteiger partial charge is 0.266 e. The first kappa shape index (κ1) is 17.7. The number of rotatable bonds is 5. The molecule has 5 heteroatoms. The van der Waals surface area contributed by atoms with Gasteiger partial charge in [-0.3, -0.25) is 14.4 Å². The zero-order valence-electron chi connectivity index (χ0n) is 15.2. The van der Waals surface area contributed by atoms with Crippen LogP contribution in [0.1, 0.15) is 38.0 Å². The van der Waals surface area contributed by atoms with Gasteiger partial charge in [0.15, 0.2) is 6.10 Å². The van der Waals surface area contributed by atoms with Gasteiger partial charge in [-0.05, 0) is 31.2 Å². The molecule has 0 bridgehead atoms. The molecule has 0 aromatic heterocycles. The van der Waals surface area contributed by atoms with Crippen molar-refractivity contribution < 1.29 is 19.1 Å². The van der Waals surface area contributed by atoms with Gasteiger partial charge in [0.1, 0.15) is 5.75 Å². The standard InChI is InChI=1S/C23H17NO4/c1-15(21(25)16-8-3-2-4-9-16)28-18-11-7-10-17(14-18)24-22(26)19-12-5-6-13-20(19)23(24)27/h2-15H,1H3/t15-/m1/s1. The zero-order valence-corrected chi connectivity index (χ0v) is 15.2. The second-order valence-electron chi connectivity index (χ2n) is 6.48. The average Bonchev–Trinajstić information content (AvgIpc) is 2.99.